The number of fused-ring (bicyclic) bond motifs is 1. The van der Waals surface area contributed by atoms with Crippen LogP contribution in [-0.4, -0.2) is 12.4 Å². The van der Waals surface area contributed by atoms with Gasteiger partial charge in [0.1, 0.15) is 0 Å². The summed E-state index contributed by atoms with van der Waals surface area (Å²) in [6.07, 6.45) is -0.0756. The lowest BCUT2D eigenvalue weighted by atomic mass is 9.61. The molecule has 0 saturated heterocycles. The van der Waals surface area contributed by atoms with Crippen LogP contribution in [0.25, 0.3) is 0 Å². The van der Waals surface area contributed by atoms with Crippen molar-refractivity contribution in [1.82, 2.24) is 0 Å². The highest BCUT2D eigenvalue weighted by atomic mass is 35.5. The summed E-state index contributed by atoms with van der Waals surface area (Å²) in [7, 11) is 0. The lowest BCUT2D eigenvalue weighted by molar-refractivity contribution is -0.0863. The second-order valence-electron chi connectivity index (χ2n) is 6.57. The van der Waals surface area contributed by atoms with Crippen molar-refractivity contribution in [2.45, 2.75) is 18.5 Å². The molecule has 27 heavy (non-hydrogen) atoms. The predicted molar refractivity (Wildman–Crippen MR) is 102 cm³/mol. The number of hydrogen-bond acceptors (Lipinski definition) is 1. The predicted octanol–water partition coefficient (Wildman–Crippen LogP) is 6.41. The van der Waals surface area contributed by atoms with E-state index in [9.17, 15) is 13.2 Å². The second-order valence-corrected chi connectivity index (χ2v) is 7.01. The molecule has 1 heterocycles. The smallest absolute Gasteiger partial charge is 0.256 e. The first kappa shape index (κ1) is 17.8. The monoisotopic (exact) mass is 385 g/mol. The molecule has 1 atom stereocenters. The number of hydrogen-bond donors (Lipinski definition) is 0. The zero-order valence-electron chi connectivity index (χ0n) is 14.4. The highest BCUT2D eigenvalue weighted by Gasteiger charge is 2.50. The first-order valence-corrected chi connectivity index (χ1v) is 8.80. The molecule has 1 unspecified atom stereocenters. The van der Waals surface area contributed by atoms with Gasteiger partial charge in [0.15, 0.2) is 0 Å². The Hall–Kier alpha value is -2.59. The quantitative estimate of drug-likeness (QED) is 0.566. The number of benzene rings is 2. The van der Waals surface area contributed by atoms with Crippen molar-refractivity contribution >= 4 is 17.8 Å². The first-order valence-electron chi connectivity index (χ1n) is 8.42. The minimum absolute atomic E-state index is 0.170. The van der Waals surface area contributed by atoms with Crippen molar-refractivity contribution in [2.24, 2.45) is 4.99 Å². The van der Waals surface area contributed by atoms with Crippen LogP contribution in [0.2, 0.25) is 5.02 Å². The van der Waals surface area contributed by atoms with Gasteiger partial charge in [-0.3, -0.25) is 4.99 Å². The molecule has 0 N–H and O–H groups in total. The zero-order chi connectivity index (χ0) is 19.2. The fourth-order valence-corrected chi connectivity index (χ4v) is 4.09. The summed E-state index contributed by atoms with van der Waals surface area (Å²) >= 11 is 6.05. The van der Waals surface area contributed by atoms with Gasteiger partial charge in [0, 0.05) is 16.8 Å². The van der Waals surface area contributed by atoms with Crippen LogP contribution < -0.4 is 0 Å². The maximum absolute atomic E-state index is 13.9. The summed E-state index contributed by atoms with van der Waals surface area (Å²) in [5, 5.41) is 0.530. The molecule has 4 rings (SSSR count). The van der Waals surface area contributed by atoms with Crippen molar-refractivity contribution in [2.75, 3.05) is 0 Å². The Bertz CT molecular complexity index is 1010. The molecule has 0 bridgehead atoms. The van der Waals surface area contributed by atoms with Crippen LogP contribution >= 0.6 is 11.6 Å². The Labute approximate surface area is 160 Å². The molecule has 0 fully saturated rings. The van der Waals surface area contributed by atoms with Gasteiger partial charge in [-0.05, 0) is 36.3 Å². The molecule has 136 valence electrons. The van der Waals surface area contributed by atoms with Crippen LogP contribution in [0.1, 0.15) is 18.1 Å². The van der Waals surface area contributed by atoms with E-state index in [4.69, 9.17) is 11.6 Å². The van der Waals surface area contributed by atoms with Crippen molar-refractivity contribution in [3.05, 3.63) is 105 Å². The van der Waals surface area contributed by atoms with Gasteiger partial charge in [0.2, 0.25) is 0 Å². The molecular formula is C22H15ClF3N. The van der Waals surface area contributed by atoms with E-state index in [1.165, 1.54) is 0 Å². The third kappa shape index (κ3) is 2.67. The Balaban J connectivity index is 2.13. The summed E-state index contributed by atoms with van der Waals surface area (Å²) in [6, 6.07) is 16.2. The van der Waals surface area contributed by atoms with Crippen LogP contribution in [0.3, 0.4) is 0 Å². The zero-order valence-corrected chi connectivity index (χ0v) is 15.1. The Kier molecular flexibility index (Phi) is 4.11. The van der Waals surface area contributed by atoms with Gasteiger partial charge in [-0.25, -0.2) is 0 Å². The number of aliphatic imine (C=N–C) groups is 1. The summed E-state index contributed by atoms with van der Waals surface area (Å²) in [4.78, 5) is 4.08. The molecule has 2 aromatic carbocycles. The van der Waals surface area contributed by atoms with E-state index < -0.39 is 17.2 Å². The van der Waals surface area contributed by atoms with Gasteiger partial charge in [-0.1, -0.05) is 65.7 Å². The maximum atomic E-state index is 13.9. The SMILES string of the molecule is CC1=CC=C2N=CC(C(F)(F)F)=C2C1(c1ccccc1)c1ccc(Cl)cc1. The number of halogens is 4. The third-order valence-corrected chi connectivity index (χ3v) is 5.36. The van der Waals surface area contributed by atoms with Gasteiger partial charge in [-0.2, -0.15) is 13.2 Å². The molecule has 0 radical (unpaired) electrons. The second kappa shape index (κ2) is 6.24. The molecule has 0 amide bonds. The van der Waals surface area contributed by atoms with Gasteiger partial charge < -0.3 is 0 Å². The molecular weight excluding hydrogens is 371 g/mol. The minimum atomic E-state index is -4.50. The standard InChI is InChI=1S/C22H15ClF3N/c1-14-7-12-19-20(18(13-27-19)22(24,25)26)21(14,15-5-3-2-4-6-15)16-8-10-17(23)11-9-16/h2-13H,1H3. The minimum Gasteiger partial charge on any atom is -0.256 e. The highest BCUT2D eigenvalue weighted by Crippen LogP contribution is 2.54. The van der Waals surface area contributed by atoms with E-state index in [0.29, 0.717) is 10.7 Å². The Morgan fingerprint density at radius 3 is 2.15 bits per heavy atom. The highest BCUT2D eigenvalue weighted by molar-refractivity contribution is 6.30. The fraction of sp³-hybridized carbons (Fsp3) is 0.136. The van der Waals surface area contributed by atoms with Crippen LogP contribution in [-0.2, 0) is 5.41 Å². The summed E-state index contributed by atoms with van der Waals surface area (Å²) in [6.45, 7) is 1.86. The number of nitrogens with zero attached hydrogens (tertiary/aromatic N) is 1. The molecule has 1 aliphatic carbocycles. The first-order chi connectivity index (χ1) is 12.8. The molecule has 0 saturated carbocycles. The topological polar surface area (TPSA) is 12.4 Å². The van der Waals surface area contributed by atoms with Gasteiger partial charge in [0.25, 0.3) is 0 Å². The lowest BCUT2D eigenvalue weighted by Crippen LogP contribution is -2.36. The molecule has 0 aromatic heterocycles. The third-order valence-electron chi connectivity index (χ3n) is 5.11. The van der Waals surface area contributed by atoms with E-state index in [2.05, 4.69) is 4.99 Å². The number of rotatable bonds is 2. The van der Waals surface area contributed by atoms with Crippen molar-refractivity contribution < 1.29 is 13.2 Å². The summed E-state index contributed by atoms with van der Waals surface area (Å²) in [5.41, 5.74) is 0.989. The largest absolute Gasteiger partial charge is 0.418 e. The van der Waals surface area contributed by atoms with Crippen molar-refractivity contribution in [3.8, 4) is 0 Å². The molecule has 1 aliphatic heterocycles. The average Bonchev–Trinajstić information content (AvgIpc) is 3.09. The van der Waals surface area contributed by atoms with E-state index in [1.54, 1.807) is 30.3 Å². The van der Waals surface area contributed by atoms with E-state index in [-0.39, 0.29) is 5.57 Å². The fourth-order valence-electron chi connectivity index (χ4n) is 3.96. The van der Waals surface area contributed by atoms with E-state index >= 15 is 0 Å². The average molecular weight is 386 g/mol. The summed E-state index contributed by atoms with van der Waals surface area (Å²) in [5.74, 6) is 0. The Morgan fingerprint density at radius 1 is 0.889 bits per heavy atom. The van der Waals surface area contributed by atoms with Crippen LogP contribution in [0.15, 0.2) is 94.2 Å². The van der Waals surface area contributed by atoms with Crippen LogP contribution in [0.5, 0.6) is 0 Å². The molecule has 2 aromatic rings. The lowest BCUT2D eigenvalue weighted by Gasteiger charge is -2.40. The van der Waals surface area contributed by atoms with Gasteiger partial charge >= 0.3 is 6.18 Å². The maximum Gasteiger partial charge on any atom is 0.418 e. The normalized spacial score (nSPS) is 21.8. The molecule has 1 nitrogen and oxygen atoms in total. The summed E-state index contributed by atoms with van der Waals surface area (Å²) < 4.78 is 41.6. The molecule has 0 spiro atoms. The van der Waals surface area contributed by atoms with Crippen molar-refractivity contribution in [3.63, 3.8) is 0 Å². The molecule has 2 aliphatic rings. The van der Waals surface area contributed by atoms with Gasteiger partial charge in [-0.15, -0.1) is 0 Å². The van der Waals surface area contributed by atoms with Crippen molar-refractivity contribution in [1.29, 1.82) is 0 Å². The van der Waals surface area contributed by atoms with Crippen LogP contribution in [0, 0.1) is 0 Å². The number of alkyl halides is 3. The van der Waals surface area contributed by atoms with E-state index in [0.717, 1.165) is 22.9 Å². The van der Waals surface area contributed by atoms with Gasteiger partial charge in [0.05, 0.1) is 16.7 Å². The number of allylic oxidation sites excluding steroid dienone is 5. The molecule has 5 heteroatoms. The Morgan fingerprint density at radius 2 is 1.52 bits per heavy atom. The van der Waals surface area contributed by atoms with E-state index in [1.807, 2.05) is 43.3 Å². The van der Waals surface area contributed by atoms with Crippen LogP contribution in [0.4, 0.5) is 13.2 Å².